The summed E-state index contributed by atoms with van der Waals surface area (Å²) in [5.41, 5.74) is 3.15. The Morgan fingerprint density at radius 3 is 2.39 bits per heavy atom. The topological polar surface area (TPSA) is 36.0 Å². The van der Waals surface area contributed by atoms with E-state index >= 15 is 0 Å². The zero-order valence-electron chi connectivity index (χ0n) is 18.8. The number of ether oxygens (including phenoxy) is 1. The van der Waals surface area contributed by atoms with Crippen LogP contribution in [0.1, 0.15) is 40.4 Å². The third-order valence-corrected chi connectivity index (χ3v) is 6.66. The molecule has 4 rings (SSSR count). The quantitative estimate of drug-likeness (QED) is 0.640. The van der Waals surface area contributed by atoms with Crippen molar-refractivity contribution >= 4 is 5.91 Å². The van der Waals surface area contributed by atoms with Crippen LogP contribution in [0.2, 0.25) is 0 Å². The molecule has 1 amide bonds. The molecule has 2 aliphatic rings. The Kier molecular flexibility index (Phi) is 6.44. The van der Waals surface area contributed by atoms with E-state index in [4.69, 9.17) is 4.74 Å². The molecule has 0 aliphatic carbocycles. The first kappa shape index (κ1) is 21.6. The van der Waals surface area contributed by atoms with Crippen molar-refractivity contribution in [1.82, 2.24) is 14.7 Å². The first-order valence-electron chi connectivity index (χ1n) is 11.1. The molecule has 5 nitrogen and oxygen atoms in total. The molecule has 0 aromatic heterocycles. The average Bonchev–Trinajstić information content (AvgIpc) is 3.02. The van der Waals surface area contributed by atoms with Crippen LogP contribution in [0, 0.1) is 0 Å². The summed E-state index contributed by atoms with van der Waals surface area (Å²) >= 11 is 0. The maximum absolute atomic E-state index is 12.4. The Labute approximate surface area is 185 Å². The van der Waals surface area contributed by atoms with Gasteiger partial charge in [-0.2, -0.15) is 0 Å². The molecule has 31 heavy (non-hydrogen) atoms. The van der Waals surface area contributed by atoms with Gasteiger partial charge < -0.3 is 9.64 Å². The molecule has 0 saturated carbocycles. The van der Waals surface area contributed by atoms with Crippen molar-refractivity contribution in [2.45, 2.75) is 31.0 Å². The highest BCUT2D eigenvalue weighted by atomic mass is 16.5. The number of carbonyl (C=O) groups excluding carboxylic acids is 1. The highest BCUT2D eigenvalue weighted by molar-refractivity contribution is 5.93. The molecular formula is C26H33N3O2. The van der Waals surface area contributed by atoms with Gasteiger partial charge in [-0.25, -0.2) is 0 Å². The lowest BCUT2D eigenvalue weighted by Gasteiger charge is -2.44. The number of piperazine rings is 1. The van der Waals surface area contributed by atoms with Crippen molar-refractivity contribution in [1.29, 1.82) is 0 Å². The number of amides is 1. The number of hydrogen-bond donors (Lipinski definition) is 0. The lowest BCUT2D eigenvalue weighted by atomic mass is 9.94. The molecule has 2 aromatic rings. The standard InChI is InChI=1S/C26H33N3O2/c1-5-15-29-22-13-14-23(29)18-28(17-22)25(21-7-6-8-24(16-21)31-4)19-9-11-20(12-10-19)26(30)27(2)3/h5-12,16,22-23,25H,1,13-15,17-18H2,2-4H3. The fraction of sp³-hybridized carbons (Fsp3) is 0.423. The van der Waals surface area contributed by atoms with Crippen LogP contribution < -0.4 is 4.74 Å². The second kappa shape index (κ2) is 9.25. The molecule has 0 spiro atoms. The molecule has 2 aromatic carbocycles. The van der Waals surface area contributed by atoms with E-state index in [0.29, 0.717) is 17.6 Å². The van der Waals surface area contributed by atoms with Gasteiger partial charge in [0, 0.05) is 51.4 Å². The van der Waals surface area contributed by atoms with Gasteiger partial charge in [-0.15, -0.1) is 6.58 Å². The van der Waals surface area contributed by atoms with E-state index in [2.05, 4.69) is 46.7 Å². The monoisotopic (exact) mass is 419 g/mol. The zero-order chi connectivity index (χ0) is 22.0. The predicted octanol–water partition coefficient (Wildman–Crippen LogP) is 3.82. The van der Waals surface area contributed by atoms with E-state index in [-0.39, 0.29) is 11.9 Å². The summed E-state index contributed by atoms with van der Waals surface area (Å²) in [5.74, 6) is 0.899. The second-order valence-electron chi connectivity index (χ2n) is 8.83. The first-order valence-corrected chi connectivity index (χ1v) is 11.1. The molecule has 2 heterocycles. The highest BCUT2D eigenvalue weighted by Crippen LogP contribution is 2.38. The molecule has 2 bridgehead atoms. The highest BCUT2D eigenvalue weighted by Gasteiger charge is 2.41. The maximum Gasteiger partial charge on any atom is 0.253 e. The fourth-order valence-corrected chi connectivity index (χ4v) is 5.17. The van der Waals surface area contributed by atoms with Gasteiger partial charge in [0.15, 0.2) is 0 Å². The first-order chi connectivity index (χ1) is 15.0. The SMILES string of the molecule is C=CCN1C2CCC1CN(C(c1ccc(C(=O)N(C)C)cc1)c1cccc(OC)c1)C2. The van der Waals surface area contributed by atoms with Gasteiger partial charge in [-0.1, -0.05) is 30.3 Å². The van der Waals surface area contributed by atoms with Gasteiger partial charge in [-0.3, -0.25) is 14.6 Å². The molecule has 2 saturated heterocycles. The fourth-order valence-electron chi connectivity index (χ4n) is 5.17. The normalized spacial score (nSPS) is 22.2. The van der Waals surface area contributed by atoms with E-state index in [9.17, 15) is 4.79 Å². The lowest BCUT2D eigenvalue weighted by molar-refractivity contribution is 0.0582. The third kappa shape index (κ3) is 4.39. The van der Waals surface area contributed by atoms with E-state index in [1.165, 1.54) is 24.0 Å². The second-order valence-corrected chi connectivity index (χ2v) is 8.83. The summed E-state index contributed by atoms with van der Waals surface area (Å²) in [6.07, 6.45) is 4.52. The summed E-state index contributed by atoms with van der Waals surface area (Å²) < 4.78 is 5.52. The number of hydrogen-bond acceptors (Lipinski definition) is 4. The van der Waals surface area contributed by atoms with E-state index in [0.717, 1.165) is 25.4 Å². The van der Waals surface area contributed by atoms with Crippen LogP contribution in [0.3, 0.4) is 0 Å². The molecule has 164 valence electrons. The summed E-state index contributed by atoms with van der Waals surface area (Å²) in [6, 6.07) is 17.8. The van der Waals surface area contributed by atoms with Crippen molar-refractivity contribution in [2.75, 3.05) is 40.8 Å². The third-order valence-electron chi connectivity index (χ3n) is 6.66. The summed E-state index contributed by atoms with van der Waals surface area (Å²) in [4.78, 5) is 19.2. The van der Waals surface area contributed by atoms with Gasteiger partial charge in [0.2, 0.25) is 0 Å². The van der Waals surface area contributed by atoms with Crippen LogP contribution in [-0.4, -0.2) is 73.5 Å². The molecule has 5 heteroatoms. The molecule has 3 unspecified atom stereocenters. The van der Waals surface area contributed by atoms with Gasteiger partial charge >= 0.3 is 0 Å². The Balaban J connectivity index is 1.68. The van der Waals surface area contributed by atoms with E-state index in [1.807, 2.05) is 24.3 Å². The van der Waals surface area contributed by atoms with Crippen molar-refractivity contribution in [3.8, 4) is 5.75 Å². The lowest BCUT2D eigenvalue weighted by Crippen LogP contribution is -2.54. The maximum atomic E-state index is 12.4. The Bertz CT molecular complexity index is 911. The smallest absolute Gasteiger partial charge is 0.253 e. The van der Waals surface area contributed by atoms with Gasteiger partial charge in [0.05, 0.1) is 13.2 Å². The molecular weight excluding hydrogens is 386 g/mol. The summed E-state index contributed by atoms with van der Waals surface area (Å²) in [7, 11) is 5.28. The number of carbonyl (C=O) groups is 1. The van der Waals surface area contributed by atoms with Gasteiger partial charge in [0.1, 0.15) is 5.75 Å². The van der Waals surface area contributed by atoms with Crippen molar-refractivity contribution in [3.63, 3.8) is 0 Å². The minimum absolute atomic E-state index is 0.0283. The van der Waals surface area contributed by atoms with Gasteiger partial charge in [-0.05, 0) is 48.2 Å². The minimum Gasteiger partial charge on any atom is -0.497 e. The molecule has 3 atom stereocenters. The minimum atomic E-state index is 0.0283. The van der Waals surface area contributed by atoms with Crippen LogP contribution in [0.25, 0.3) is 0 Å². The largest absolute Gasteiger partial charge is 0.497 e. The van der Waals surface area contributed by atoms with Crippen molar-refractivity contribution in [2.24, 2.45) is 0 Å². The van der Waals surface area contributed by atoms with Crippen LogP contribution in [0.4, 0.5) is 0 Å². The van der Waals surface area contributed by atoms with E-state index in [1.54, 1.807) is 26.1 Å². The van der Waals surface area contributed by atoms with Gasteiger partial charge in [0.25, 0.3) is 5.91 Å². The number of rotatable bonds is 7. The molecule has 0 N–H and O–H groups in total. The van der Waals surface area contributed by atoms with Crippen LogP contribution in [0.5, 0.6) is 5.75 Å². The van der Waals surface area contributed by atoms with E-state index < -0.39 is 0 Å². The Morgan fingerprint density at radius 1 is 1.13 bits per heavy atom. The van der Waals surface area contributed by atoms with Crippen molar-refractivity contribution in [3.05, 3.63) is 77.9 Å². The summed E-state index contributed by atoms with van der Waals surface area (Å²) in [6.45, 7) is 6.99. The number of nitrogens with zero attached hydrogens (tertiary/aromatic N) is 3. The number of benzene rings is 2. The molecule has 2 aliphatic heterocycles. The number of likely N-dealkylation sites (tertiary alicyclic amines) is 1. The summed E-state index contributed by atoms with van der Waals surface area (Å²) in [5, 5.41) is 0. The zero-order valence-corrected chi connectivity index (χ0v) is 18.8. The Hall–Kier alpha value is -2.63. The van der Waals surface area contributed by atoms with Crippen LogP contribution in [0.15, 0.2) is 61.2 Å². The molecule has 2 fully saturated rings. The number of methoxy groups -OCH3 is 1. The average molecular weight is 420 g/mol. The number of fused-ring (bicyclic) bond motifs is 2. The van der Waals surface area contributed by atoms with Crippen molar-refractivity contribution < 1.29 is 9.53 Å². The Morgan fingerprint density at radius 2 is 1.81 bits per heavy atom. The van der Waals surface area contributed by atoms with Crippen LogP contribution in [-0.2, 0) is 0 Å². The van der Waals surface area contributed by atoms with Crippen LogP contribution >= 0.6 is 0 Å². The molecule has 0 radical (unpaired) electrons. The predicted molar refractivity (Wildman–Crippen MR) is 125 cm³/mol.